The van der Waals surface area contributed by atoms with E-state index in [9.17, 15) is 10.1 Å². The fraction of sp³-hybridized carbons (Fsp3) is 0.0714. The number of nitriles is 1. The third-order valence-corrected chi connectivity index (χ3v) is 2.72. The quantitative estimate of drug-likeness (QED) is 0.525. The summed E-state index contributed by atoms with van der Waals surface area (Å²) in [5, 5.41) is 19.5. The summed E-state index contributed by atoms with van der Waals surface area (Å²) in [5.74, 6) is 0.993. The Bertz CT molecular complexity index is 737. The van der Waals surface area contributed by atoms with Crippen molar-refractivity contribution >= 4 is 11.4 Å². The minimum Gasteiger partial charge on any atom is -0.493 e. The van der Waals surface area contributed by atoms with E-state index in [1.165, 1.54) is 31.4 Å². The van der Waals surface area contributed by atoms with Gasteiger partial charge in [0.05, 0.1) is 29.4 Å². The van der Waals surface area contributed by atoms with Crippen LogP contribution in [0.25, 0.3) is 0 Å². The molecule has 0 bridgehead atoms. The van der Waals surface area contributed by atoms with E-state index >= 15 is 0 Å². The van der Waals surface area contributed by atoms with E-state index in [2.05, 4.69) is 0 Å². The normalized spacial score (nSPS) is 9.71. The molecular formula is C14H11N3O4. The van der Waals surface area contributed by atoms with Gasteiger partial charge in [-0.05, 0) is 18.2 Å². The third kappa shape index (κ3) is 3.01. The SMILES string of the molecule is COc1cc(C#N)ccc1Oc1ccc([N+](=O)[O-])cc1N. The van der Waals surface area contributed by atoms with E-state index in [0.29, 0.717) is 17.1 Å². The lowest BCUT2D eigenvalue weighted by Crippen LogP contribution is -1.96. The lowest BCUT2D eigenvalue weighted by molar-refractivity contribution is -0.384. The molecule has 0 saturated heterocycles. The summed E-state index contributed by atoms with van der Waals surface area (Å²) in [6.45, 7) is 0. The molecule has 0 spiro atoms. The Morgan fingerprint density at radius 1 is 1.19 bits per heavy atom. The molecule has 7 heteroatoms. The highest BCUT2D eigenvalue weighted by Crippen LogP contribution is 2.35. The Morgan fingerprint density at radius 2 is 1.90 bits per heavy atom. The second-order valence-electron chi connectivity index (χ2n) is 4.06. The standard InChI is InChI=1S/C14H11N3O4/c1-20-14-6-9(8-15)2-4-13(14)21-12-5-3-10(17(18)19)7-11(12)16/h2-7H,16H2,1H3. The summed E-state index contributed by atoms with van der Waals surface area (Å²) in [7, 11) is 1.45. The molecule has 0 saturated carbocycles. The van der Waals surface area contributed by atoms with Gasteiger partial charge in [-0.2, -0.15) is 5.26 Å². The number of methoxy groups -OCH3 is 1. The maximum Gasteiger partial charge on any atom is 0.271 e. The summed E-state index contributed by atoms with van der Waals surface area (Å²) in [4.78, 5) is 10.1. The van der Waals surface area contributed by atoms with Crippen molar-refractivity contribution < 1.29 is 14.4 Å². The van der Waals surface area contributed by atoms with Crippen molar-refractivity contribution in [3.05, 3.63) is 52.1 Å². The highest BCUT2D eigenvalue weighted by atomic mass is 16.6. The number of benzene rings is 2. The van der Waals surface area contributed by atoms with E-state index in [1.807, 2.05) is 6.07 Å². The monoisotopic (exact) mass is 285 g/mol. The van der Waals surface area contributed by atoms with Crippen molar-refractivity contribution in [1.82, 2.24) is 0 Å². The first-order valence-electron chi connectivity index (χ1n) is 5.85. The molecule has 0 heterocycles. The highest BCUT2D eigenvalue weighted by Gasteiger charge is 2.12. The van der Waals surface area contributed by atoms with Gasteiger partial charge >= 0.3 is 0 Å². The minimum atomic E-state index is -0.539. The van der Waals surface area contributed by atoms with E-state index in [-0.39, 0.29) is 17.1 Å². The lowest BCUT2D eigenvalue weighted by Gasteiger charge is -2.11. The topological polar surface area (TPSA) is 111 Å². The van der Waals surface area contributed by atoms with Gasteiger partial charge in [0.15, 0.2) is 17.2 Å². The number of ether oxygens (including phenoxy) is 2. The van der Waals surface area contributed by atoms with Crippen LogP contribution >= 0.6 is 0 Å². The van der Waals surface area contributed by atoms with E-state index in [0.717, 1.165) is 0 Å². The predicted octanol–water partition coefficient (Wildman–Crippen LogP) is 2.85. The third-order valence-electron chi connectivity index (χ3n) is 2.72. The smallest absolute Gasteiger partial charge is 0.271 e. The van der Waals surface area contributed by atoms with Gasteiger partial charge in [0.2, 0.25) is 0 Å². The number of hydrogen-bond acceptors (Lipinski definition) is 6. The second kappa shape index (κ2) is 5.79. The summed E-state index contributed by atoms with van der Waals surface area (Å²) in [6, 6.07) is 10.6. The molecule has 0 radical (unpaired) electrons. The van der Waals surface area contributed by atoms with Gasteiger partial charge in [-0.15, -0.1) is 0 Å². The molecule has 2 aromatic carbocycles. The lowest BCUT2D eigenvalue weighted by atomic mass is 10.2. The van der Waals surface area contributed by atoms with Crippen molar-refractivity contribution in [1.29, 1.82) is 5.26 Å². The zero-order valence-electron chi connectivity index (χ0n) is 11.1. The number of nitrogens with zero attached hydrogens (tertiary/aromatic N) is 2. The Labute approximate surface area is 120 Å². The molecule has 2 N–H and O–H groups in total. The van der Waals surface area contributed by atoms with Crippen molar-refractivity contribution in [3.63, 3.8) is 0 Å². The van der Waals surface area contributed by atoms with Crippen LogP contribution in [-0.2, 0) is 0 Å². The molecule has 21 heavy (non-hydrogen) atoms. The number of nitro groups is 1. The number of anilines is 1. The molecule has 2 rings (SSSR count). The van der Waals surface area contributed by atoms with Crippen molar-refractivity contribution in [2.75, 3.05) is 12.8 Å². The highest BCUT2D eigenvalue weighted by molar-refractivity contribution is 5.60. The summed E-state index contributed by atoms with van der Waals surface area (Å²) < 4.78 is 10.7. The molecule has 0 aliphatic carbocycles. The fourth-order valence-corrected chi connectivity index (χ4v) is 1.68. The molecule has 0 aromatic heterocycles. The average Bonchev–Trinajstić information content (AvgIpc) is 2.49. The molecule has 2 aromatic rings. The van der Waals surface area contributed by atoms with Gasteiger partial charge in [0.25, 0.3) is 5.69 Å². The molecule has 0 unspecified atom stereocenters. The van der Waals surface area contributed by atoms with Crippen LogP contribution in [0, 0.1) is 21.4 Å². The number of nitro benzene ring substituents is 1. The molecule has 0 amide bonds. The molecule has 106 valence electrons. The summed E-state index contributed by atoms with van der Waals surface area (Å²) in [6.07, 6.45) is 0. The molecular weight excluding hydrogens is 274 g/mol. The fourth-order valence-electron chi connectivity index (χ4n) is 1.68. The zero-order chi connectivity index (χ0) is 15.4. The largest absolute Gasteiger partial charge is 0.493 e. The van der Waals surface area contributed by atoms with E-state index in [1.54, 1.807) is 12.1 Å². The molecule has 0 fully saturated rings. The van der Waals surface area contributed by atoms with Crippen LogP contribution in [0.5, 0.6) is 17.2 Å². The van der Waals surface area contributed by atoms with Crippen LogP contribution in [0.2, 0.25) is 0 Å². The summed E-state index contributed by atoms with van der Waals surface area (Å²) in [5.41, 5.74) is 6.17. The van der Waals surface area contributed by atoms with Crippen LogP contribution in [0.1, 0.15) is 5.56 Å². The predicted molar refractivity (Wildman–Crippen MR) is 75.3 cm³/mol. The van der Waals surface area contributed by atoms with Crippen LogP contribution in [-0.4, -0.2) is 12.0 Å². The maximum atomic E-state index is 10.7. The van der Waals surface area contributed by atoms with Crippen molar-refractivity contribution in [2.45, 2.75) is 0 Å². The Balaban J connectivity index is 2.34. The number of rotatable bonds is 4. The first-order chi connectivity index (χ1) is 10.0. The number of non-ortho nitro benzene ring substituents is 1. The van der Waals surface area contributed by atoms with Gasteiger partial charge in [0.1, 0.15) is 0 Å². The second-order valence-corrected chi connectivity index (χ2v) is 4.06. The number of nitrogen functional groups attached to an aromatic ring is 1. The van der Waals surface area contributed by atoms with Gasteiger partial charge in [-0.1, -0.05) is 0 Å². The van der Waals surface area contributed by atoms with E-state index in [4.69, 9.17) is 20.5 Å². The van der Waals surface area contributed by atoms with Crippen LogP contribution in [0.3, 0.4) is 0 Å². The van der Waals surface area contributed by atoms with Gasteiger partial charge < -0.3 is 15.2 Å². The molecule has 0 atom stereocenters. The number of hydrogen-bond donors (Lipinski definition) is 1. The van der Waals surface area contributed by atoms with Crippen molar-refractivity contribution in [3.8, 4) is 23.3 Å². The molecule has 7 nitrogen and oxygen atoms in total. The van der Waals surface area contributed by atoms with Crippen LogP contribution < -0.4 is 15.2 Å². The Kier molecular flexibility index (Phi) is 3.90. The number of nitrogens with two attached hydrogens (primary N) is 1. The summed E-state index contributed by atoms with van der Waals surface area (Å²) >= 11 is 0. The van der Waals surface area contributed by atoms with Crippen LogP contribution in [0.4, 0.5) is 11.4 Å². The van der Waals surface area contributed by atoms with Gasteiger partial charge in [-0.3, -0.25) is 10.1 Å². The zero-order valence-corrected chi connectivity index (χ0v) is 11.1. The van der Waals surface area contributed by atoms with Crippen LogP contribution in [0.15, 0.2) is 36.4 Å². The maximum absolute atomic E-state index is 10.7. The molecule has 0 aliphatic heterocycles. The van der Waals surface area contributed by atoms with Gasteiger partial charge in [-0.25, -0.2) is 0 Å². The minimum absolute atomic E-state index is 0.119. The average molecular weight is 285 g/mol. The first kappa shape index (κ1) is 14.1. The van der Waals surface area contributed by atoms with Crippen molar-refractivity contribution in [2.24, 2.45) is 0 Å². The first-order valence-corrected chi connectivity index (χ1v) is 5.85. The molecule has 0 aliphatic rings. The Hall–Kier alpha value is -3.27. The van der Waals surface area contributed by atoms with E-state index < -0.39 is 4.92 Å². The Morgan fingerprint density at radius 3 is 2.48 bits per heavy atom. The van der Waals surface area contributed by atoms with Gasteiger partial charge in [0, 0.05) is 18.2 Å².